The van der Waals surface area contributed by atoms with Gasteiger partial charge in [-0.1, -0.05) is 6.42 Å². The van der Waals surface area contributed by atoms with Crippen molar-refractivity contribution in [2.45, 2.75) is 58.0 Å². The number of aryl methyl sites for hydroxylation is 2. The van der Waals surface area contributed by atoms with Crippen LogP contribution in [-0.2, 0) is 23.1 Å². The summed E-state index contributed by atoms with van der Waals surface area (Å²) in [5.41, 5.74) is 2.11. The maximum Gasteiger partial charge on any atom is 0.254 e. The Labute approximate surface area is 161 Å². The third-order valence-corrected chi connectivity index (χ3v) is 6.79. The Bertz CT molecular complexity index is 824. The van der Waals surface area contributed by atoms with Gasteiger partial charge in [0, 0.05) is 26.1 Å². The molecule has 1 saturated heterocycles. The quantitative estimate of drug-likeness (QED) is 0.452. The Morgan fingerprint density at radius 2 is 1.79 bits per heavy atom. The van der Waals surface area contributed by atoms with Crippen LogP contribution in [0.2, 0.25) is 0 Å². The van der Waals surface area contributed by atoms with Gasteiger partial charge in [0.15, 0.2) is 11.0 Å². The first-order valence-corrected chi connectivity index (χ1v) is 9.97. The van der Waals surface area contributed by atoms with Crippen molar-refractivity contribution in [3.63, 3.8) is 0 Å². The number of fused-ring (bicyclic) bond motifs is 1. The molecule has 1 aliphatic rings. The van der Waals surface area contributed by atoms with E-state index < -0.39 is 10.0 Å². The average molecular weight is 463 g/mol. The zero-order chi connectivity index (χ0) is 16.6. The van der Waals surface area contributed by atoms with Crippen LogP contribution in [0.3, 0.4) is 0 Å². The van der Waals surface area contributed by atoms with Crippen LogP contribution in [0.15, 0.2) is 23.1 Å². The molecule has 0 amide bonds. The maximum atomic E-state index is 12.9. The molecule has 1 aliphatic heterocycles. The molecule has 5 nitrogen and oxygen atoms in total. The Morgan fingerprint density at radius 3 is 2.38 bits per heavy atom. The number of hydrogen-bond donors (Lipinski definition) is 0. The Kier molecular flexibility index (Phi) is 6.30. The van der Waals surface area contributed by atoms with Crippen molar-refractivity contribution in [3.8, 4) is 0 Å². The van der Waals surface area contributed by atoms with E-state index in [1.807, 2.05) is 12.1 Å². The summed E-state index contributed by atoms with van der Waals surface area (Å²) >= 11 is 0. The van der Waals surface area contributed by atoms with Gasteiger partial charge in [-0.15, -0.1) is 0 Å². The van der Waals surface area contributed by atoms with Crippen LogP contribution >= 0.6 is 0 Å². The van der Waals surface area contributed by atoms with Gasteiger partial charge in [-0.05, 0) is 38.8 Å². The molecule has 2 heterocycles. The van der Waals surface area contributed by atoms with Gasteiger partial charge in [0.1, 0.15) is 0 Å². The fourth-order valence-corrected chi connectivity index (χ4v) is 5.19. The number of piperidine rings is 1. The molecule has 1 aromatic heterocycles. The van der Waals surface area contributed by atoms with Crippen molar-refractivity contribution in [1.82, 2.24) is 8.87 Å². The monoisotopic (exact) mass is 463 g/mol. The molecule has 3 rings (SSSR count). The first-order chi connectivity index (χ1) is 11.0. The van der Waals surface area contributed by atoms with Gasteiger partial charge in [-0.3, -0.25) is 0 Å². The molecule has 7 heteroatoms. The summed E-state index contributed by atoms with van der Waals surface area (Å²) in [6.07, 6.45) is 3.04. The van der Waals surface area contributed by atoms with Gasteiger partial charge >= 0.3 is 0 Å². The largest absolute Gasteiger partial charge is 1.00 e. The van der Waals surface area contributed by atoms with Crippen LogP contribution in [0.1, 0.15) is 38.9 Å². The molecular formula is C17H26IN3O2S. The minimum Gasteiger partial charge on any atom is -1.00 e. The Hall–Kier alpha value is -0.670. The lowest BCUT2D eigenvalue weighted by Gasteiger charge is -2.25. The number of benzene rings is 1. The zero-order valence-corrected chi connectivity index (χ0v) is 17.6. The van der Waals surface area contributed by atoms with E-state index in [0.717, 1.165) is 49.2 Å². The van der Waals surface area contributed by atoms with E-state index in [-0.39, 0.29) is 24.0 Å². The Morgan fingerprint density at radius 1 is 1.12 bits per heavy atom. The van der Waals surface area contributed by atoms with Crippen molar-refractivity contribution in [1.29, 1.82) is 0 Å². The number of aromatic nitrogens is 2. The summed E-state index contributed by atoms with van der Waals surface area (Å²) < 4.78 is 31.9. The van der Waals surface area contributed by atoms with Gasteiger partial charge in [-0.25, -0.2) is 17.6 Å². The molecule has 2 aromatic rings. The van der Waals surface area contributed by atoms with E-state index in [9.17, 15) is 8.42 Å². The normalized spacial score (nSPS) is 16.3. The summed E-state index contributed by atoms with van der Waals surface area (Å²) in [5.74, 6) is 1.16. The maximum absolute atomic E-state index is 12.9. The molecule has 0 bridgehead atoms. The zero-order valence-electron chi connectivity index (χ0n) is 14.6. The minimum atomic E-state index is -3.38. The first-order valence-electron chi connectivity index (χ1n) is 8.53. The summed E-state index contributed by atoms with van der Waals surface area (Å²) in [7, 11) is -3.38. The SMILES string of the molecule is CCn1c(C)[n+](CC)c2ccc(S(=O)(=O)N3CCCCC3)cc21.[I-]. The fraction of sp³-hybridized carbons (Fsp3) is 0.588. The van der Waals surface area contributed by atoms with Crippen LogP contribution in [0.25, 0.3) is 11.0 Å². The van der Waals surface area contributed by atoms with E-state index in [2.05, 4.69) is 29.9 Å². The molecular weight excluding hydrogens is 437 g/mol. The van der Waals surface area contributed by atoms with Gasteiger partial charge in [0.2, 0.25) is 10.0 Å². The van der Waals surface area contributed by atoms with E-state index >= 15 is 0 Å². The number of hydrogen-bond acceptors (Lipinski definition) is 2. The van der Waals surface area contributed by atoms with E-state index in [4.69, 9.17) is 0 Å². The summed E-state index contributed by atoms with van der Waals surface area (Å²) in [6.45, 7) is 9.30. The highest BCUT2D eigenvalue weighted by molar-refractivity contribution is 7.89. The molecule has 0 atom stereocenters. The molecule has 0 spiro atoms. The molecule has 0 unspecified atom stereocenters. The highest BCUT2D eigenvalue weighted by Gasteiger charge is 2.28. The third kappa shape index (κ3) is 3.22. The van der Waals surface area contributed by atoms with Crippen LogP contribution in [0.4, 0.5) is 0 Å². The average Bonchev–Trinajstić information content (AvgIpc) is 2.85. The summed E-state index contributed by atoms with van der Waals surface area (Å²) in [6, 6.07) is 5.56. The number of nitrogens with zero attached hydrogens (tertiary/aromatic N) is 3. The van der Waals surface area contributed by atoms with E-state index in [0.29, 0.717) is 18.0 Å². The van der Waals surface area contributed by atoms with Crippen LogP contribution in [-0.4, -0.2) is 30.4 Å². The van der Waals surface area contributed by atoms with E-state index in [1.165, 1.54) is 0 Å². The molecule has 134 valence electrons. The van der Waals surface area contributed by atoms with Crippen molar-refractivity contribution < 1.29 is 37.0 Å². The molecule has 0 aliphatic carbocycles. The van der Waals surface area contributed by atoms with Crippen LogP contribution in [0, 0.1) is 6.92 Å². The lowest BCUT2D eigenvalue weighted by Crippen LogP contribution is -3.00. The van der Waals surface area contributed by atoms with Crippen molar-refractivity contribution in [2.24, 2.45) is 0 Å². The summed E-state index contributed by atoms with van der Waals surface area (Å²) in [4.78, 5) is 0.419. The topological polar surface area (TPSA) is 46.2 Å². The van der Waals surface area contributed by atoms with Crippen molar-refractivity contribution in [3.05, 3.63) is 24.0 Å². The number of halogens is 1. The van der Waals surface area contributed by atoms with Gasteiger partial charge in [-0.2, -0.15) is 4.31 Å². The highest BCUT2D eigenvalue weighted by atomic mass is 127. The fourth-order valence-electron chi connectivity index (χ4n) is 3.66. The van der Waals surface area contributed by atoms with Gasteiger partial charge < -0.3 is 24.0 Å². The number of rotatable bonds is 4. The number of imidazole rings is 1. The van der Waals surface area contributed by atoms with Crippen LogP contribution in [0.5, 0.6) is 0 Å². The molecule has 1 aromatic carbocycles. The second kappa shape index (κ2) is 7.70. The minimum absolute atomic E-state index is 0. The smallest absolute Gasteiger partial charge is 0.254 e. The third-order valence-electron chi connectivity index (χ3n) is 4.89. The van der Waals surface area contributed by atoms with Gasteiger partial charge in [0.25, 0.3) is 5.82 Å². The van der Waals surface area contributed by atoms with Gasteiger partial charge in [0.05, 0.1) is 18.0 Å². The standard InChI is InChI=1S/C17H26N3O2S.HI/c1-4-19-14(3)20(5-2)17-13-15(9-10-16(17)19)23(21,22)18-11-7-6-8-12-18;/h9-10,13H,4-8,11-12H2,1-3H3;1H/q+1;/p-1. The first kappa shape index (κ1) is 19.7. The lowest BCUT2D eigenvalue weighted by molar-refractivity contribution is -0.674. The lowest BCUT2D eigenvalue weighted by atomic mass is 10.2. The number of sulfonamides is 1. The highest BCUT2D eigenvalue weighted by Crippen LogP contribution is 2.24. The second-order valence-corrected chi connectivity index (χ2v) is 8.09. The Balaban J connectivity index is 0.00000208. The molecule has 0 radical (unpaired) electrons. The molecule has 1 fully saturated rings. The molecule has 24 heavy (non-hydrogen) atoms. The predicted octanol–water partition coefficient (Wildman–Crippen LogP) is -0.544. The van der Waals surface area contributed by atoms with Crippen LogP contribution < -0.4 is 28.5 Å². The van der Waals surface area contributed by atoms with Crippen molar-refractivity contribution >= 4 is 21.1 Å². The predicted molar refractivity (Wildman–Crippen MR) is 90.8 cm³/mol. The summed E-state index contributed by atoms with van der Waals surface area (Å²) in [5, 5.41) is 0. The van der Waals surface area contributed by atoms with Crippen molar-refractivity contribution in [2.75, 3.05) is 13.1 Å². The second-order valence-electron chi connectivity index (χ2n) is 6.15. The molecule has 0 saturated carbocycles. The molecule has 0 N–H and O–H groups in total. The van der Waals surface area contributed by atoms with E-state index in [1.54, 1.807) is 10.4 Å².